The highest BCUT2D eigenvalue weighted by Gasteiger charge is 2.14. The molecule has 90 valence electrons. The molecular formula is C12H26N2O. The van der Waals surface area contributed by atoms with Gasteiger partial charge in [0.25, 0.3) is 0 Å². The third-order valence-electron chi connectivity index (χ3n) is 2.64. The van der Waals surface area contributed by atoms with Gasteiger partial charge in [0.05, 0.1) is 0 Å². The molecule has 0 fully saturated rings. The number of carbonyl (C=O) groups is 1. The highest BCUT2D eigenvalue weighted by molar-refractivity contribution is 5.76. The molecule has 0 aromatic rings. The first kappa shape index (κ1) is 14.4. The van der Waals surface area contributed by atoms with Crippen molar-refractivity contribution >= 4 is 5.91 Å². The van der Waals surface area contributed by atoms with Crippen LogP contribution in [-0.2, 0) is 4.79 Å². The second kappa shape index (κ2) is 8.72. The van der Waals surface area contributed by atoms with Gasteiger partial charge in [-0.15, -0.1) is 0 Å². The van der Waals surface area contributed by atoms with Crippen molar-refractivity contribution in [2.24, 2.45) is 11.7 Å². The Balaban J connectivity index is 3.78. The Labute approximate surface area is 93.8 Å². The molecule has 0 saturated heterocycles. The van der Waals surface area contributed by atoms with Gasteiger partial charge in [0.15, 0.2) is 0 Å². The molecule has 3 heteroatoms. The van der Waals surface area contributed by atoms with E-state index in [4.69, 9.17) is 5.73 Å². The third kappa shape index (κ3) is 7.37. The minimum Gasteiger partial charge on any atom is -0.353 e. The molecule has 0 aromatic heterocycles. The Kier molecular flexibility index (Phi) is 8.38. The minimum absolute atomic E-state index is 0.176. The Morgan fingerprint density at radius 3 is 2.47 bits per heavy atom. The lowest BCUT2D eigenvalue weighted by Crippen LogP contribution is -2.39. The summed E-state index contributed by atoms with van der Waals surface area (Å²) in [5.41, 5.74) is 5.51. The van der Waals surface area contributed by atoms with Crippen LogP contribution in [0, 0.1) is 5.92 Å². The predicted octanol–water partition coefficient (Wildman–Crippen LogP) is 2.06. The molecule has 15 heavy (non-hydrogen) atoms. The predicted molar refractivity (Wildman–Crippen MR) is 64.6 cm³/mol. The summed E-state index contributed by atoms with van der Waals surface area (Å²) in [5, 5.41) is 3.06. The lowest BCUT2D eigenvalue weighted by atomic mass is 10.0. The topological polar surface area (TPSA) is 55.1 Å². The highest BCUT2D eigenvalue weighted by atomic mass is 16.1. The standard InChI is InChI=1S/C12H26N2O/c1-4-5-6-7-12(15)14-11(8-9-13)10(2)3/h10-11H,4-9,13H2,1-3H3,(H,14,15). The van der Waals surface area contributed by atoms with Crippen molar-refractivity contribution < 1.29 is 4.79 Å². The summed E-state index contributed by atoms with van der Waals surface area (Å²) < 4.78 is 0. The number of amides is 1. The molecule has 1 unspecified atom stereocenters. The zero-order chi connectivity index (χ0) is 11.7. The first-order chi connectivity index (χ1) is 7.11. The molecule has 0 aliphatic heterocycles. The number of carbonyl (C=O) groups excluding carboxylic acids is 1. The number of nitrogens with one attached hydrogen (secondary N) is 1. The average Bonchev–Trinajstić information content (AvgIpc) is 2.17. The van der Waals surface area contributed by atoms with E-state index >= 15 is 0 Å². The molecule has 0 rings (SSSR count). The van der Waals surface area contributed by atoms with E-state index in [0.717, 1.165) is 25.7 Å². The van der Waals surface area contributed by atoms with E-state index in [1.54, 1.807) is 0 Å². The normalized spacial score (nSPS) is 12.9. The van der Waals surface area contributed by atoms with Crippen LogP contribution in [0.2, 0.25) is 0 Å². The minimum atomic E-state index is 0.176. The number of rotatable bonds is 8. The van der Waals surface area contributed by atoms with Gasteiger partial charge in [-0.05, 0) is 25.3 Å². The van der Waals surface area contributed by atoms with Crippen LogP contribution in [0.4, 0.5) is 0 Å². The Bertz CT molecular complexity index is 169. The van der Waals surface area contributed by atoms with Crippen LogP contribution in [-0.4, -0.2) is 18.5 Å². The molecule has 0 radical (unpaired) electrons. The summed E-state index contributed by atoms with van der Waals surface area (Å²) in [6.07, 6.45) is 4.81. The Hall–Kier alpha value is -0.570. The molecule has 0 saturated carbocycles. The van der Waals surface area contributed by atoms with E-state index < -0.39 is 0 Å². The van der Waals surface area contributed by atoms with E-state index in [9.17, 15) is 4.79 Å². The first-order valence-corrected chi connectivity index (χ1v) is 6.11. The maximum absolute atomic E-state index is 11.6. The molecule has 3 nitrogen and oxygen atoms in total. The van der Waals surface area contributed by atoms with Crippen molar-refractivity contribution in [1.29, 1.82) is 0 Å². The van der Waals surface area contributed by atoms with Gasteiger partial charge in [0.1, 0.15) is 0 Å². The summed E-state index contributed by atoms with van der Waals surface area (Å²) in [6, 6.07) is 0.240. The van der Waals surface area contributed by atoms with E-state index in [1.807, 2.05) is 0 Å². The van der Waals surface area contributed by atoms with Crippen molar-refractivity contribution in [2.75, 3.05) is 6.54 Å². The van der Waals surface area contributed by atoms with Gasteiger partial charge < -0.3 is 11.1 Å². The third-order valence-corrected chi connectivity index (χ3v) is 2.64. The van der Waals surface area contributed by atoms with Crippen molar-refractivity contribution in [3.63, 3.8) is 0 Å². The quantitative estimate of drug-likeness (QED) is 0.608. The van der Waals surface area contributed by atoms with E-state index in [0.29, 0.717) is 18.9 Å². The molecular weight excluding hydrogens is 188 g/mol. The van der Waals surface area contributed by atoms with Crippen molar-refractivity contribution in [2.45, 2.75) is 58.9 Å². The van der Waals surface area contributed by atoms with Gasteiger partial charge in [-0.3, -0.25) is 4.79 Å². The van der Waals surface area contributed by atoms with Gasteiger partial charge in [-0.25, -0.2) is 0 Å². The summed E-state index contributed by atoms with van der Waals surface area (Å²) in [7, 11) is 0. The SMILES string of the molecule is CCCCCC(=O)NC(CCN)C(C)C. The molecule has 1 atom stereocenters. The number of hydrogen-bond acceptors (Lipinski definition) is 2. The van der Waals surface area contributed by atoms with Crippen LogP contribution in [0.1, 0.15) is 52.9 Å². The maximum atomic E-state index is 11.6. The van der Waals surface area contributed by atoms with Crippen LogP contribution in [0.3, 0.4) is 0 Å². The number of nitrogens with two attached hydrogens (primary N) is 1. The fourth-order valence-corrected chi connectivity index (χ4v) is 1.57. The van der Waals surface area contributed by atoms with Gasteiger partial charge in [0.2, 0.25) is 5.91 Å². The lowest BCUT2D eigenvalue weighted by molar-refractivity contribution is -0.122. The molecule has 0 aliphatic carbocycles. The van der Waals surface area contributed by atoms with Crippen LogP contribution >= 0.6 is 0 Å². The van der Waals surface area contributed by atoms with Crippen molar-refractivity contribution in [1.82, 2.24) is 5.32 Å². The van der Waals surface area contributed by atoms with E-state index in [-0.39, 0.29) is 11.9 Å². The first-order valence-electron chi connectivity index (χ1n) is 6.11. The summed E-state index contributed by atoms with van der Waals surface area (Å²) in [5.74, 6) is 0.638. The van der Waals surface area contributed by atoms with Crippen LogP contribution in [0.15, 0.2) is 0 Å². The number of unbranched alkanes of at least 4 members (excludes halogenated alkanes) is 2. The Morgan fingerprint density at radius 1 is 1.33 bits per heavy atom. The fraction of sp³-hybridized carbons (Fsp3) is 0.917. The monoisotopic (exact) mass is 214 g/mol. The summed E-state index contributed by atoms with van der Waals surface area (Å²) >= 11 is 0. The molecule has 0 bridgehead atoms. The lowest BCUT2D eigenvalue weighted by Gasteiger charge is -2.21. The molecule has 0 aliphatic rings. The summed E-state index contributed by atoms with van der Waals surface area (Å²) in [6.45, 7) is 7.01. The Morgan fingerprint density at radius 2 is 2.00 bits per heavy atom. The highest BCUT2D eigenvalue weighted by Crippen LogP contribution is 2.06. The van der Waals surface area contributed by atoms with Crippen LogP contribution < -0.4 is 11.1 Å². The smallest absolute Gasteiger partial charge is 0.220 e. The zero-order valence-electron chi connectivity index (χ0n) is 10.4. The van der Waals surface area contributed by atoms with Gasteiger partial charge in [0, 0.05) is 12.5 Å². The van der Waals surface area contributed by atoms with Crippen LogP contribution in [0.5, 0.6) is 0 Å². The van der Waals surface area contributed by atoms with Gasteiger partial charge in [-0.1, -0.05) is 33.6 Å². The van der Waals surface area contributed by atoms with E-state index in [2.05, 4.69) is 26.1 Å². The molecule has 0 heterocycles. The second-order valence-corrected chi connectivity index (χ2v) is 4.45. The average molecular weight is 214 g/mol. The van der Waals surface area contributed by atoms with E-state index in [1.165, 1.54) is 0 Å². The van der Waals surface area contributed by atoms with Gasteiger partial charge >= 0.3 is 0 Å². The van der Waals surface area contributed by atoms with Crippen molar-refractivity contribution in [3.8, 4) is 0 Å². The molecule has 1 amide bonds. The molecule has 0 aromatic carbocycles. The zero-order valence-corrected chi connectivity index (χ0v) is 10.4. The van der Waals surface area contributed by atoms with Gasteiger partial charge in [-0.2, -0.15) is 0 Å². The fourth-order valence-electron chi connectivity index (χ4n) is 1.57. The van der Waals surface area contributed by atoms with Crippen LogP contribution in [0.25, 0.3) is 0 Å². The molecule has 3 N–H and O–H groups in total. The second-order valence-electron chi connectivity index (χ2n) is 4.45. The summed E-state index contributed by atoms with van der Waals surface area (Å²) in [4.78, 5) is 11.6. The molecule has 0 spiro atoms. The maximum Gasteiger partial charge on any atom is 0.220 e. The number of hydrogen-bond donors (Lipinski definition) is 2. The largest absolute Gasteiger partial charge is 0.353 e. The van der Waals surface area contributed by atoms with Crippen molar-refractivity contribution in [3.05, 3.63) is 0 Å².